The van der Waals surface area contributed by atoms with Crippen molar-refractivity contribution in [2.75, 3.05) is 27.9 Å². The zero-order chi connectivity index (χ0) is 16.9. The Morgan fingerprint density at radius 1 is 1.18 bits per heavy atom. The minimum Gasteiger partial charge on any atom is -0.493 e. The number of hydrogen-bond donors (Lipinski definition) is 1. The van der Waals surface area contributed by atoms with Gasteiger partial charge in [-0.3, -0.25) is 0 Å². The maximum absolute atomic E-state index is 14.1. The van der Waals surface area contributed by atoms with E-state index in [0.717, 1.165) is 0 Å². The first-order valence-corrected chi connectivity index (χ1v) is 6.44. The molecule has 0 aliphatic rings. The van der Waals surface area contributed by atoms with Crippen molar-refractivity contribution in [2.45, 2.75) is 18.9 Å². The van der Waals surface area contributed by atoms with Gasteiger partial charge in [0.15, 0.2) is 11.5 Å². The Hall–Kier alpha value is -2.09. The molecule has 0 aliphatic carbocycles. The van der Waals surface area contributed by atoms with Crippen LogP contribution in [0.5, 0.6) is 17.2 Å². The number of esters is 1. The van der Waals surface area contributed by atoms with Gasteiger partial charge < -0.3 is 24.7 Å². The number of rotatable bonds is 7. The van der Waals surface area contributed by atoms with E-state index in [9.17, 15) is 13.6 Å². The molecule has 8 heteroatoms. The number of carbonyl (C=O) groups excluding carboxylic acids is 1. The summed E-state index contributed by atoms with van der Waals surface area (Å²) in [5.41, 5.74) is 5.47. The third kappa shape index (κ3) is 3.22. The first kappa shape index (κ1) is 18.0. The van der Waals surface area contributed by atoms with Gasteiger partial charge in [-0.2, -0.15) is 8.78 Å². The normalized spacial score (nSPS) is 12.5. The topological polar surface area (TPSA) is 80.0 Å². The van der Waals surface area contributed by atoms with Crippen LogP contribution in [0.2, 0.25) is 0 Å². The Kier molecular flexibility index (Phi) is 5.92. The largest absolute Gasteiger partial charge is 0.493 e. The standard InChI is InChI=1S/C14H19F2NO5/c1-5-22-13(18)14(15,16)12(17)8-6-7-9(19-2)11(21-4)10(8)20-3/h6-7,12H,5,17H2,1-4H3/t12-/m0/s1. The fourth-order valence-corrected chi connectivity index (χ4v) is 1.92. The van der Waals surface area contributed by atoms with Gasteiger partial charge in [0.05, 0.1) is 27.9 Å². The van der Waals surface area contributed by atoms with Gasteiger partial charge in [0.2, 0.25) is 5.75 Å². The van der Waals surface area contributed by atoms with Crippen molar-refractivity contribution in [1.82, 2.24) is 0 Å². The average molecular weight is 319 g/mol. The van der Waals surface area contributed by atoms with Crippen LogP contribution < -0.4 is 19.9 Å². The lowest BCUT2D eigenvalue weighted by Gasteiger charge is -2.24. The highest BCUT2D eigenvalue weighted by atomic mass is 19.3. The van der Waals surface area contributed by atoms with E-state index in [-0.39, 0.29) is 29.4 Å². The van der Waals surface area contributed by atoms with Crippen LogP contribution in [0.4, 0.5) is 8.78 Å². The SMILES string of the molecule is CCOC(=O)C(F)(F)[C@@H](N)c1ccc(OC)c(OC)c1OC. The van der Waals surface area contributed by atoms with Crippen LogP contribution in [0.25, 0.3) is 0 Å². The molecule has 0 spiro atoms. The average Bonchev–Trinajstić information content (AvgIpc) is 2.52. The smallest absolute Gasteiger partial charge is 0.379 e. The Bertz CT molecular complexity index is 536. The molecule has 0 radical (unpaired) electrons. The summed E-state index contributed by atoms with van der Waals surface area (Å²) in [7, 11) is 4.00. The third-order valence-electron chi connectivity index (χ3n) is 3.01. The summed E-state index contributed by atoms with van der Waals surface area (Å²) in [6.45, 7) is 1.25. The van der Waals surface area contributed by atoms with E-state index in [1.54, 1.807) is 0 Å². The van der Waals surface area contributed by atoms with Gasteiger partial charge in [-0.25, -0.2) is 4.79 Å². The highest BCUT2D eigenvalue weighted by Crippen LogP contribution is 2.44. The zero-order valence-electron chi connectivity index (χ0n) is 12.8. The first-order valence-electron chi connectivity index (χ1n) is 6.44. The van der Waals surface area contributed by atoms with Gasteiger partial charge in [-0.1, -0.05) is 0 Å². The lowest BCUT2D eigenvalue weighted by atomic mass is 9.99. The summed E-state index contributed by atoms with van der Waals surface area (Å²) in [4.78, 5) is 11.4. The molecule has 6 nitrogen and oxygen atoms in total. The van der Waals surface area contributed by atoms with Crippen LogP contribution in [-0.2, 0) is 9.53 Å². The van der Waals surface area contributed by atoms with Crippen LogP contribution in [0.15, 0.2) is 12.1 Å². The summed E-state index contributed by atoms with van der Waals surface area (Å²) >= 11 is 0. The van der Waals surface area contributed by atoms with Gasteiger partial charge in [-0.15, -0.1) is 0 Å². The Balaban J connectivity index is 3.34. The van der Waals surface area contributed by atoms with Crippen molar-refractivity contribution < 1.29 is 32.5 Å². The fourth-order valence-electron chi connectivity index (χ4n) is 1.92. The van der Waals surface area contributed by atoms with Crippen molar-refractivity contribution in [1.29, 1.82) is 0 Å². The van der Waals surface area contributed by atoms with Crippen LogP contribution in [0.1, 0.15) is 18.5 Å². The number of hydrogen-bond acceptors (Lipinski definition) is 6. The maximum Gasteiger partial charge on any atom is 0.379 e. The molecule has 0 aromatic heterocycles. The zero-order valence-corrected chi connectivity index (χ0v) is 12.8. The highest BCUT2D eigenvalue weighted by Gasteiger charge is 2.49. The molecule has 124 valence electrons. The van der Waals surface area contributed by atoms with E-state index in [1.807, 2.05) is 0 Å². The molecule has 0 saturated heterocycles. The van der Waals surface area contributed by atoms with Crippen molar-refractivity contribution in [3.05, 3.63) is 17.7 Å². The Morgan fingerprint density at radius 2 is 1.77 bits per heavy atom. The van der Waals surface area contributed by atoms with Crippen molar-refractivity contribution in [3.63, 3.8) is 0 Å². The second kappa shape index (κ2) is 7.26. The van der Waals surface area contributed by atoms with Crippen LogP contribution in [0.3, 0.4) is 0 Å². The summed E-state index contributed by atoms with van der Waals surface area (Å²) in [6, 6.07) is 0.733. The quantitative estimate of drug-likeness (QED) is 0.773. The van der Waals surface area contributed by atoms with Crippen LogP contribution in [0, 0.1) is 0 Å². The molecule has 0 amide bonds. The van der Waals surface area contributed by atoms with Gasteiger partial charge in [0, 0.05) is 5.56 Å². The molecule has 0 saturated carbocycles. The van der Waals surface area contributed by atoms with E-state index < -0.39 is 17.9 Å². The number of halogens is 2. The number of benzene rings is 1. The fraction of sp³-hybridized carbons (Fsp3) is 0.500. The predicted molar refractivity (Wildman–Crippen MR) is 74.6 cm³/mol. The van der Waals surface area contributed by atoms with E-state index in [1.165, 1.54) is 40.4 Å². The van der Waals surface area contributed by atoms with Crippen molar-refractivity contribution >= 4 is 5.97 Å². The Morgan fingerprint density at radius 3 is 2.23 bits per heavy atom. The van der Waals surface area contributed by atoms with Gasteiger partial charge in [0.25, 0.3) is 0 Å². The van der Waals surface area contributed by atoms with Gasteiger partial charge in [-0.05, 0) is 19.1 Å². The number of methoxy groups -OCH3 is 3. The van der Waals surface area contributed by atoms with Crippen molar-refractivity contribution in [2.24, 2.45) is 5.73 Å². The molecule has 0 unspecified atom stereocenters. The molecule has 1 aromatic carbocycles. The summed E-state index contributed by atoms with van der Waals surface area (Å²) in [5.74, 6) is -5.24. The third-order valence-corrected chi connectivity index (χ3v) is 3.01. The second-order valence-electron chi connectivity index (χ2n) is 4.24. The first-order chi connectivity index (χ1) is 10.3. The molecule has 0 fully saturated rings. The second-order valence-corrected chi connectivity index (χ2v) is 4.24. The highest BCUT2D eigenvalue weighted by molar-refractivity contribution is 5.79. The number of ether oxygens (including phenoxy) is 4. The monoisotopic (exact) mass is 319 g/mol. The molecule has 1 rings (SSSR count). The molecule has 22 heavy (non-hydrogen) atoms. The van der Waals surface area contributed by atoms with E-state index in [4.69, 9.17) is 19.9 Å². The molecule has 1 atom stereocenters. The predicted octanol–water partition coefficient (Wildman–Crippen LogP) is 1.91. The van der Waals surface area contributed by atoms with E-state index in [0.29, 0.717) is 0 Å². The summed E-state index contributed by atoms with van der Waals surface area (Å²) in [5, 5.41) is 0. The minimum absolute atomic E-state index is 0.0293. The van der Waals surface area contributed by atoms with Crippen LogP contribution >= 0.6 is 0 Å². The molecule has 2 N–H and O–H groups in total. The lowest BCUT2D eigenvalue weighted by Crippen LogP contribution is -2.41. The summed E-state index contributed by atoms with van der Waals surface area (Å²) in [6.07, 6.45) is 0. The van der Waals surface area contributed by atoms with Crippen molar-refractivity contribution in [3.8, 4) is 17.2 Å². The molecule has 0 bridgehead atoms. The van der Waals surface area contributed by atoms with Gasteiger partial charge >= 0.3 is 11.9 Å². The van der Waals surface area contributed by atoms with E-state index in [2.05, 4.69) is 4.74 Å². The molecular formula is C14H19F2NO5. The van der Waals surface area contributed by atoms with Gasteiger partial charge in [0.1, 0.15) is 6.04 Å². The molecular weight excluding hydrogens is 300 g/mol. The number of carbonyl (C=O) groups is 1. The molecule has 0 aliphatic heterocycles. The number of nitrogens with two attached hydrogens (primary N) is 1. The summed E-state index contributed by atoms with van der Waals surface area (Å²) < 4.78 is 47.8. The van der Waals surface area contributed by atoms with Crippen LogP contribution in [-0.4, -0.2) is 39.8 Å². The minimum atomic E-state index is -3.91. The lowest BCUT2D eigenvalue weighted by molar-refractivity contribution is -0.174. The number of alkyl halides is 2. The maximum atomic E-state index is 14.1. The molecule has 1 aromatic rings. The Labute approximate surface area is 127 Å². The molecule has 0 heterocycles. The van der Waals surface area contributed by atoms with E-state index >= 15 is 0 Å².